The Labute approximate surface area is 140 Å². The van der Waals surface area contributed by atoms with Gasteiger partial charge in [0.25, 0.3) is 5.91 Å². The van der Waals surface area contributed by atoms with Gasteiger partial charge in [0.05, 0.1) is 5.52 Å². The fourth-order valence-electron chi connectivity index (χ4n) is 3.21. The quantitative estimate of drug-likeness (QED) is 0.741. The van der Waals surface area contributed by atoms with Gasteiger partial charge in [0.15, 0.2) is 6.61 Å². The predicted molar refractivity (Wildman–Crippen MR) is 94.4 cm³/mol. The summed E-state index contributed by atoms with van der Waals surface area (Å²) in [6.45, 7) is 0.776. The van der Waals surface area contributed by atoms with Crippen molar-refractivity contribution in [3.63, 3.8) is 0 Å². The van der Waals surface area contributed by atoms with Crippen LogP contribution in [0.1, 0.15) is 12.0 Å². The van der Waals surface area contributed by atoms with Gasteiger partial charge in [0.2, 0.25) is 0 Å². The maximum Gasteiger partial charge on any atom is 0.264 e. The Morgan fingerprint density at radius 2 is 1.92 bits per heavy atom. The topological polar surface area (TPSA) is 42.4 Å². The number of para-hydroxylation sites is 2. The molecule has 3 aromatic rings. The summed E-state index contributed by atoms with van der Waals surface area (Å²) in [7, 11) is 0. The van der Waals surface area contributed by atoms with E-state index < -0.39 is 0 Å². The first-order valence-corrected chi connectivity index (χ1v) is 8.18. The third kappa shape index (κ3) is 2.71. The molecule has 1 aliphatic heterocycles. The smallest absolute Gasteiger partial charge is 0.264 e. The molecule has 2 heterocycles. The lowest BCUT2D eigenvalue weighted by molar-refractivity contribution is -0.120. The fourth-order valence-corrected chi connectivity index (χ4v) is 3.21. The van der Waals surface area contributed by atoms with Crippen LogP contribution in [0.2, 0.25) is 0 Å². The molecule has 2 aromatic carbocycles. The number of carbonyl (C=O) groups excluding carboxylic acids is 1. The van der Waals surface area contributed by atoms with E-state index in [4.69, 9.17) is 4.74 Å². The summed E-state index contributed by atoms with van der Waals surface area (Å²) in [6, 6.07) is 17.7. The van der Waals surface area contributed by atoms with Gasteiger partial charge in [-0.2, -0.15) is 0 Å². The number of ether oxygens (including phenoxy) is 1. The molecule has 0 aliphatic carbocycles. The minimum atomic E-state index is -0.0111. The van der Waals surface area contributed by atoms with Gasteiger partial charge >= 0.3 is 0 Å². The number of hydrogen-bond acceptors (Lipinski definition) is 3. The molecular weight excluding hydrogens is 300 g/mol. The molecule has 4 heteroatoms. The minimum Gasteiger partial charge on any atom is -0.483 e. The summed E-state index contributed by atoms with van der Waals surface area (Å²) in [5.41, 5.74) is 3.11. The van der Waals surface area contributed by atoms with Crippen LogP contribution in [0.15, 0.2) is 60.8 Å². The highest BCUT2D eigenvalue weighted by Gasteiger charge is 2.22. The van der Waals surface area contributed by atoms with Gasteiger partial charge in [-0.3, -0.25) is 9.78 Å². The predicted octanol–water partition coefficient (Wildman–Crippen LogP) is 3.59. The standard InChI is InChI=1S/C20H18N2O2/c23-20(22-13-5-7-15-6-1-4-10-18(15)22)14-24-19-11-12-21-17-9-3-2-8-16(17)19/h1-4,6,8-12H,5,7,13-14H2. The van der Waals surface area contributed by atoms with Crippen molar-refractivity contribution in [2.75, 3.05) is 18.1 Å². The van der Waals surface area contributed by atoms with Crippen LogP contribution < -0.4 is 9.64 Å². The largest absolute Gasteiger partial charge is 0.483 e. The Morgan fingerprint density at radius 3 is 2.88 bits per heavy atom. The minimum absolute atomic E-state index is 0.0111. The average molecular weight is 318 g/mol. The van der Waals surface area contributed by atoms with E-state index in [1.807, 2.05) is 47.4 Å². The van der Waals surface area contributed by atoms with Crippen LogP contribution in [0.25, 0.3) is 10.9 Å². The Kier molecular flexibility index (Phi) is 3.87. The fraction of sp³-hybridized carbons (Fsp3) is 0.200. The van der Waals surface area contributed by atoms with Crippen LogP contribution in [0.3, 0.4) is 0 Å². The molecule has 0 saturated carbocycles. The van der Waals surface area contributed by atoms with Gasteiger partial charge in [-0.05, 0) is 42.7 Å². The average Bonchev–Trinajstić information content (AvgIpc) is 2.65. The normalized spacial score (nSPS) is 13.6. The molecule has 1 aromatic heterocycles. The lowest BCUT2D eigenvalue weighted by Gasteiger charge is -2.29. The number of pyridine rings is 1. The molecule has 0 spiro atoms. The van der Waals surface area contributed by atoms with Crippen LogP contribution in [0.5, 0.6) is 5.75 Å². The first-order chi connectivity index (χ1) is 11.8. The number of amides is 1. The number of benzene rings is 2. The number of hydrogen-bond donors (Lipinski definition) is 0. The Bertz CT molecular complexity index is 886. The molecule has 0 N–H and O–H groups in total. The van der Waals surface area contributed by atoms with E-state index >= 15 is 0 Å². The maximum atomic E-state index is 12.7. The molecule has 1 amide bonds. The zero-order valence-electron chi connectivity index (χ0n) is 13.3. The number of aromatic nitrogens is 1. The molecule has 24 heavy (non-hydrogen) atoms. The monoisotopic (exact) mass is 318 g/mol. The number of aryl methyl sites for hydroxylation is 1. The molecule has 0 radical (unpaired) electrons. The van der Waals surface area contributed by atoms with Gasteiger partial charge in [0.1, 0.15) is 5.75 Å². The van der Waals surface area contributed by atoms with Crippen LogP contribution in [0.4, 0.5) is 5.69 Å². The molecular formula is C20H18N2O2. The van der Waals surface area contributed by atoms with Gasteiger partial charge in [-0.25, -0.2) is 0 Å². The second-order valence-corrected chi connectivity index (χ2v) is 5.89. The van der Waals surface area contributed by atoms with Crippen molar-refractivity contribution in [3.8, 4) is 5.75 Å². The summed E-state index contributed by atoms with van der Waals surface area (Å²) >= 11 is 0. The van der Waals surface area contributed by atoms with E-state index in [1.165, 1.54) is 5.56 Å². The van der Waals surface area contributed by atoms with E-state index in [9.17, 15) is 4.79 Å². The maximum absolute atomic E-state index is 12.7. The van der Waals surface area contributed by atoms with Crippen molar-refractivity contribution in [2.24, 2.45) is 0 Å². The van der Waals surface area contributed by atoms with Crippen molar-refractivity contribution in [1.29, 1.82) is 0 Å². The zero-order chi connectivity index (χ0) is 16.4. The second-order valence-electron chi connectivity index (χ2n) is 5.89. The van der Waals surface area contributed by atoms with Gasteiger partial charge in [-0.1, -0.05) is 30.3 Å². The van der Waals surface area contributed by atoms with Gasteiger partial charge < -0.3 is 9.64 Å². The van der Waals surface area contributed by atoms with Crippen LogP contribution in [-0.2, 0) is 11.2 Å². The number of carbonyl (C=O) groups is 1. The second kappa shape index (κ2) is 6.32. The van der Waals surface area contributed by atoms with Crippen LogP contribution >= 0.6 is 0 Å². The van der Waals surface area contributed by atoms with E-state index in [2.05, 4.69) is 11.1 Å². The lowest BCUT2D eigenvalue weighted by Crippen LogP contribution is -2.38. The van der Waals surface area contributed by atoms with Crippen LogP contribution in [0, 0.1) is 0 Å². The summed E-state index contributed by atoms with van der Waals surface area (Å²) < 4.78 is 5.82. The highest BCUT2D eigenvalue weighted by Crippen LogP contribution is 2.27. The molecule has 0 unspecified atom stereocenters. The van der Waals surface area contributed by atoms with E-state index in [0.29, 0.717) is 5.75 Å². The first kappa shape index (κ1) is 14.7. The number of fused-ring (bicyclic) bond motifs is 2. The van der Waals surface area contributed by atoms with Crippen molar-refractivity contribution in [2.45, 2.75) is 12.8 Å². The van der Waals surface area contributed by atoms with Crippen molar-refractivity contribution in [1.82, 2.24) is 4.98 Å². The van der Waals surface area contributed by atoms with Gasteiger partial charge in [-0.15, -0.1) is 0 Å². The van der Waals surface area contributed by atoms with Crippen molar-refractivity contribution >= 4 is 22.5 Å². The molecule has 0 fully saturated rings. The molecule has 1 aliphatic rings. The van der Waals surface area contributed by atoms with E-state index in [0.717, 1.165) is 36.0 Å². The van der Waals surface area contributed by atoms with E-state index in [-0.39, 0.29) is 12.5 Å². The highest BCUT2D eigenvalue weighted by atomic mass is 16.5. The molecule has 0 atom stereocenters. The Balaban J connectivity index is 1.53. The third-order valence-corrected chi connectivity index (χ3v) is 4.37. The number of rotatable bonds is 3. The highest BCUT2D eigenvalue weighted by molar-refractivity contribution is 5.96. The van der Waals surface area contributed by atoms with Gasteiger partial charge in [0, 0.05) is 23.8 Å². The summed E-state index contributed by atoms with van der Waals surface area (Å²) in [5, 5.41) is 0.923. The Morgan fingerprint density at radius 1 is 1.08 bits per heavy atom. The van der Waals surface area contributed by atoms with Crippen molar-refractivity contribution < 1.29 is 9.53 Å². The summed E-state index contributed by atoms with van der Waals surface area (Å²) in [4.78, 5) is 18.8. The molecule has 0 bridgehead atoms. The molecule has 120 valence electrons. The third-order valence-electron chi connectivity index (χ3n) is 4.37. The summed E-state index contributed by atoms with van der Waals surface area (Å²) in [6.07, 6.45) is 3.72. The zero-order valence-corrected chi connectivity index (χ0v) is 13.3. The van der Waals surface area contributed by atoms with E-state index in [1.54, 1.807) is 12.3 Å². The number of anilines is 1. The molecule has 4 rings (SSSR count). The first-order valence-electron chi connectivity index (χ1n) is 8.18. The molecule has 4 nitrogen and oxygen atoms in total. The lowest BCUT2D eigenvalue weighted by atomic mass is 10.0. The van der Waals surface area contributed by atoms with Crippen molar-refractivity contribution in [3.05, 3.63) is 66.4 Å². The Hall–Kier alpha value is -2.88. The summed E-state index contributed by atoms with van der Waals surface area (Å²) in [5.74, 6) is 0.683. The number of nitrogens with zero attached hydrogens (tertiary/aromatic N) is 2. The SMILES string of the molecule is O=C(COc1ccnc2ccccc12)N1CCCc2ccccc21. The van der Waals surface area contributed by atoms with Crippen LogP contribution in [-0.4, -0.2) is 24.0 Å². The molecule has 0 saturated heterocycles.